The monoisotopic (exact) mass is 417 g/mol. The van der Waals surface area contributed by atoms with Crippen LogP contribution in [0, 0.1) is 0 Å². The van der Waals surface area contributed by atoms with Gasteiger partial charge in [0, 0.05) is 26.1 Å². The number of hydrogen-bond acceptors (Lipinski definition) is 5. The lowest BCUT2D eigenvalue weighted by atomic mass is 9.99. The lowest BCUT2D eigenvalue weighted by Crippen LogP contribution is -2.42. The topological polar surface area (TPSA) is 81.5 Å². The summed E-state index contributed by atoms with van der Waals surface area (Å²) in [5.41, 5.74) is 3.07. The number of nitrogens with zero attached hydrogens (tertiary/aromatic N) is 3. The van der Waals surface area contributed by atoms with Crippen molar-refractivity contribution in [1.29, 1.82) is 0 Å². The summed E-state index contributed by atoms with van der Waals surface area (Å²) in [6.45, 7) is 3.40. The van der Waals surface area contributed by atoms with Gasteiger partial charge in [-0.2, -0.15) is 0 Å². The summed E-state index contributed by atoms with van der Waals surface area (Å²) in [7, 11) is 0. The van der Waals surface area contributed by atoms with Gasteiger partial charge in [-0.3, -0.25) is 14.2 Å². The molecular weight excluding hydrogens is 394 g/mol. The molecule has 7 heteroatoms. The summed E-state index contributed by atoms with van der Waals surface area (Å²) in [4.78, 5) is 44.4. The Morgan fingerprint density at radius 1 is 1.06 bits per heavy atom. The van der Waals surface area contributed by atoms with E-state index in [1.165, 1.54) is 5.56 Å². The molecule has 0 unspecified atom stereocenters. The molecule has 2 aromatic carbocycles. The van der Waals surface area contributed by atoms with E-state index in [1.807, 2.05) is 18.2 Å². The Balaban J connectivity index is 1.32. The van der Waals surface area contributed by atoms with Gasteiger partial charge in [-0.05, 0) is 49.1 Å². The van der Waals surface area contributed by atoms with Gasteiger partial charge in [0.15, 0.2) is 6.10 Å². The largest absolute Gasteiger partial charge is 0.449 e. The molecular formula is C24H23N3O4. The first-order valence-electron chi connectivity index (χ1n) is 10.6. The first-order valence-corrected chi connectivity index (χ1v) is 10.6. The van der Waals surface area contributed by atoms with E-state index in [0.29, 0.717) is 30.5 Å². The maximum absolute atomic E-state index is 12.9. The Hall–Kier alpha value is -3.48. The number of fused-ring (bicyclic) bond motifs is 3. The standard InChI is InChI=1S/C24H23N3O4/c1-15(22(28)26-12-10-16-5-2-3-6-18(16)14-26)31-24(30)17-8-9-19-20(13-17)25-21-7-4-11-27(21)23(19)29/h2-3,5-6,8-9,13,15H,4,7,10-12,14H2,1H3/t15-/m0/s1. The van der Waals surface area contributed by atoms with E-state index in [4.69, 9.17) is 4.74 Å². The number of hydrogen-bond donors (Lipinski definition) is 0. The van der Waals surface area contributed by atoms with Crippen LogP contribution in [0.25, 0.3) is 10.9 Å². The van der Waals surface area contributed by atoms with Crippen LogP contribution in [0.4, 0.5) is 0 Å². The van der Waals surface area contributed by atoms with E-state index in [9.17, 15) is 14.4 Å². The highest BCUT2D eigenvalue weighted by Crippen LogP contribution is 2.20. The highest BCUT2D eigenvalue weighted by molar-refractivity contribution is 5.95. The van der Waals surface area contributed by atoms with Crippen LogP contribution in [-0.4, -0.2) is 39.0 Å². The second-order valence-corrected chi connectivity index (χ2v) is 8.15. The molecule has 2 aliphatic rings. The molecule has 2 aliphatic heterocycles. The van der Waals surface area contributed by atoms with Crippen LogP contribution in [0.5, 0.6) is 0 Å². The van der Waals surface area contributed by atoms with Crippen molar-refractivity contribution in [2.75, 3.05) is 6.54 Å². The van der Waals surface area contributed by atoms with Gasteiger partial charge >= 0.3 is 5.97 Å². The van der Waals surface area contributed by atoms with Gasteiger partial charge in [0.05, 0.1) is 16.5 Å². The van der Waals surface area contributed by atoms with Crippen molar-refractivity contribution < 1.29 is 14.3 Å². The maximum Gasteiger partial charge on any atom is 0.338 e. The predicted octanol–water partition coefficient (Wildman–Crippen LogP) is 2.47. The van der Waals surface area contributed by atoms with Crippen molar-refractivity contribution in [2.24, 2.45) is 0 Å². The fourth-order valence-electron chi connectivity index (χ4n) is 4.43. The molecule has 0 fully saturated rings. The van der Waals surface area contributed by atoms with E-state index < -0.39 is 12.1 Å². The SMILES string of the molecule is C[C@H](OC(=O)c1ccc2c(=O)n3c(nc2c1)CCC3)C(=O)N1CCc2ccccc2C1. The highest BCUT2D eigenvalue weighted by Gasteiger charge is 2.27. The van der Waals surface area contributed by atoms with Gasteiger partial charge in [-0.1, -0.05) is 24.3 Å². The molecule has 31 heavy (non-hydrogen) atoms. The first-order chi connectivity index (χ1) is 15.0. The Morgan fingerprint density at radius 3 is 2.71 bits per heavy atom. The molecule has 0 saturated heterocycles. The number of esters is 1. The van der Waals surface area contributed by atoms with E-state index >= 15 is 0 Å². The maximum atomic E-state index is 12.9. The molecule has 158 valence electrons. The van der Waals surface area contributed by atoms with Crippen LogP contribution in [0.2, 0.25) is 0 Å². The van der Waals surface area contributed by atoms with Crippen LogP contribution in [0.15, 0.2) is 47.3 Å². The number of rotatable bonds is 3. The van der Waals surface area contributed by atoms with Gasteiger partial charge in [0.25, 0.3) is 11.5 Å². The minimum atomic E-state index is -0.896. The third kappa shape index (κ3) is 3.50. The lowest BCUT2D eigenvalue weighted by molar-refractivity contribution is -0.140. The first kappa shape index (κ1) is 19.5. The molecule has 1 amide bonds. The number of carbonyl (C=O) groups excluding carboxylic acids is 2. The Morgan fingerprint density at radius 2 is 1.87 bits per heavy atom. The van der Waals surface area contributed by atoms with Crippen LogP contribution in [-0.2, 0) is 35.5 Å². The van der Waals surface area contributed by atoms with Gasteiger partial charge < -0.3 is 9.64 Å². The second-order valence-electron chi connectivity index (χ2n) is 8.15. The minimum absolute atomic E-state index is 0.0775. The molecule has 0 N–H and O–H groups in total. The van der Waals surface area contributed by atoms with Crippen molar-refractivity contribution in [2.45, 2.75) is 45.4 Å². The van der Waals surface area contributed by atoms with Crippen LogP contribution >= 0.6 is 0 Å². The summed E-state index contributed by atoms with van der Waals surface area (Å²) in [6.07, 6.45) is 1.55. The molecule has 3 heterocycles. The van der Waals surface area contributed by atoms with Crippen molar-refractivity contribution in [3.8, 4) is 0 Å². The number of benzene rings is 2. The van der Waals surface area contributed by atoms with Gasteiger partial charge in [0.2, 0.25) is 0 Å². The average molecular weight is 417 g/mol. The van der Waals surface area contributed by atoms with Gasteiger partial charge in [-0.25, -0.2) is 9.78 Å². The number of ether oxygens (including phenoxy) is 1. The van der Waals surface area contributed by atoms with Crippen molar-refractivity contribution >= 4 is 22.8 Å². The molecule has 0 spiro atoms. The number of carbonyl (C=O) groups is 2. The van der Waals surface area contributed by atoms with Crippen LogP contribution in [0.1, 0.15) is 40.7 Å². The normalized spacial score (nSPS) is 16.0. The molecule has 1 atom stereocenters. The Labute approximate surface area is 179 Å². The van der Waals surface area contributed by atoms with Gasteiger partial charge in [0.1, 0.15) is 5.82 Å². The van der Waals surface area contributed by atoms with Crippen molar-refractivity contribution in [1.82, 2.24) is 14.5 Å². The van der Waals surface area contributed by atoms with Crippen molar-refractivity contribution in [3.63, 3.8) is 0 Å². The van der Waals surface area contributed by atoms with Gasteiger partial charge in [-0.15, -0.1) is 0 Å². The molecule has 0 aliphatic carbocycles. The molecule has 0 bridgehead atoms. The average Bonchev–Trinajstić information content (AvgIpc) is 3.26. The van der Waals surface area contributed by atoms with E-state index in [2.05, 4.69) is 11.1 Å². The summed E-state index contributed by atoms with van der Waals surface area (Å²) >= 11 is 0. The number of aryl methyl sites for hydroxylation is 1. The van der Waals surface area contributed by atoms with E-state index in [-0.39, 0.29) is 17.0 Å². The summed E-state index contributed by atoms with van der Waals surface area (Å²) in [6, 6.07) is 12.8. The van der Waals surface area contributed by atoms with E-state index in [1.54, 1.807) is 34.6 Å². The number of aromatic nitrogens is 2. The second kappa shape index (κ2) is 7.65. The Kier molecular flexibility index (Phi) is 4.81. The fraction of sp³-hybridized carbons (Fsp3) is 0.333. The summed E-state index contributed by atoms with van der Waals surface area (Å²) in [5, 5.41) is 0.485. The predicted molar refractivity (Wildman–Crippen MR) is 115 cm³/mol. The summed E-state index contributed by atoms with van der Waals surface area (Å²) < 4.78 is 7.16. The summed E-state index contributed by atoms with van der Waals surface area (Å²) in [5.74, 6) is -0.0580. The van der Waals surface area contributed by atoms with Crippen LogP contribution < -0.4 is 5.56 Å². The molecule has 3 aromatic rings. The molecule has 1 aromatic heterocycles. The number of amides is 1. The zero-order chi connectivity index (χ0) is 21.5. The third-order valence-corrected chi connectivity index (χ3v) is 6.13. The zero-order valence-electron chi connectivity index (χ0n) is 17.3. The fourth-order valence-corrected chi connectivity index (χ4v) is 4.43. The van der Waals surface area contributed by atoms with Crippen molar-refractivity contribution in [3.05, 3.63) is 75.3 Å². The Bertz CT molecular complexity index is 1260. The zero-order valence-corrected chi connectivity index (χ0v) is 17.3. The molecule has 0 saturated carbocycles. The van der Waals surface area contributed by atoms with E-state index in [0.717, 1.165) is 30.7 Å². The third-order valence-electron chi connectivity index (χ3n) is 6.13. The molecule has 7 nitrogen and oxygen atoms in total. The lowest BCUT2D eigenvalue weighted by Gasteiger charge is -2.30. The quantitative estimate of drug-likeness (QED) is 0.612. The highest BCUT2D eigenvalue weighted by atomic mass is 16.5. The minimum Gasteiger partial charge on any atom is -0.449 e. The molecule has 0 radical (unpaired) electrons. The smallest absolute Gasteiger partial charge is 0.338 e. The molecule has 5 rings (SSSR count). The van der Waals surface area contributed by atoms with Crippen LogP contribution in [0.3, 0.4) is 0 Å².